The van der Waals surface area contributed by atoms with Gasteiger partial charge in [0, 0.05) is 48.9 Å². The van der Waals surface area contributed by atoms with Crippen LogP contribution >= 0.6 is 0 Å². The second kappa shape index (κ2) is 6.99. The van der Waals surface area contributed by atoms with E-state index >= 15 is 0 Å². The molecule has 1 aliphatic heterocycles. The number of aryl methyl sites for hydroxylation is 2. The number of carbonyl (C=O) groups is 1. The van der Waals surface area contributed by atoms with E-state index < -0.39 is 0 Å². The number of benzene rings is 2. The summed E-state index contributed by atoms with van der Waals surface area (Å²) in [6, 6.07) is 14.5. The molecule has 0 atom stereocenters. The summed E-state index contributed by atoms with van der Waals surface area (Å²) in [4.78, 5) is 14.8. The van der Waals surface area contributed by atoms with Gasteiger partial charge in [0.05, 0.1) is 5.69 Å². The highest BCUT2D eigenvalue weighted by Gasteiger charge is 2.25. The smallest absolute Gasteiger partial charge is 0.254 e. The molecule has 0 saturated heterocycles. The summed E-state index contributed by atoms with van der Waals surface area (Å²) in [6.07, 6.45) is 1.49. The molecule has 4 nitrogen and oxygen atoms in total. The Morgan fingerprint density at radius 2 is 1.81 bits per heavy atom. The van der Waals surface area contributed by atoms with Crippen molar-refractivity contribution in [2.24, 2.45) is 7.05 Å². The van der Waals surface area contributed by atoms with Crippen LogP contribution in [0.15, 0.2) is 48.5 Å². The number of rotatable bonds is 2. The molecule has 0 N–H and O–H groups in total. The van der Waals surface area contributed by atoms with E-state index in [1.165, 1.54) is 23.4 Å². The standard InChI is InChI=1S/C22H22FN3O/c1-15-8-9-17(23)14-19(15)22(27)26-12-10-18-20(11-13-26)25(2)24-21(18)16-6-4-3-5-7-16/h3-9,14H,10-13H2,1-2H3. The van der Waals surface area contributed by atoms with Crippen molar-refractivity contribution in [1.82, 2.24) is 14.7 Å². The molecule has 1 aliphatic rings. The molecule has 2 aromatic carbocycles. The average molecular weight is 363 g/mol. The molecule has 0 spiro atoms. The zero-order chi connectivity index (χ0) is 19.0. The molecule has 1 aromatic heterocycles. The van der Waals surface area contributed by atoms with Crippen LogP contribution in [-0.2, 0) is 19.9 Å². The third-order valence-electron chi connectivity index (χ3n) is 5.29. The van der Waals surface area contributed by atoms with Crippen LogP contribution in [-0.4, -0.2) is 33.7 Å². The maximum absolute atomic E-state index is 13.6. The van der Waals surface area contributed by atoms with Gasteiger partial charge in [0.25, 0.3) is 5.91 Å². The van der Waals surface area contributed by atoms with Crippen molar-refractivity contribution in [3.63, 3.8) is 0 Å². The molecule has 0 saturated carbocycles. The minimum absolute atomic E-state index is 0.103. The number of carbonyl (C=O) groups excluding carboxylic acids is 1. The van der Waals surface area contributed by atoms with Gasteiger partial charge in [-0.3, -0.25) is 9.48 Å². The van der Waals surface area contributed by atoms with E-state index in [4.69, 9.17) is 5.10 Å². The molecule has 138 valence electrons. The Balaban J connectivity index is 1.62. The normalized spacial score (nSPS) is 14.0. The highest BCUT2D eigenvalue weighted by atomic mass is 19.1. The number of halogens is 1. The third-order valence-corrected chi connectivity index (χ3v) is 5.29. The van der Waals surface area contributed by atoms with Crippen LogP contribution in [0.2, 0.25) is 0 Å². The lowest BCUT2D eigenvalue weighted by molar-refractivity contribution is 0.0761. The van der Waals surface area contributed by atoms with Crippen LogP contribution in [0.3, 0.4) is 0 Å². The molecular weight excluding hydrogens is 341 g/mol. The van der Waals surface area contributed by atoms with Crippen molar-refractivity contribution in [2.75, 3.05) is 13.1 Å². The van der Waals surface area contributed by atoms with E-state index in [2.05, 4.69) is 12.1 Å². The molecule has 0 radical (unpaired) electrons. The van der Waals surface area contributed by atoms with Crippen LogP contribution in [0.25, 0.3) is 11.3 Å². The van der Waals surface area contributed by atoms with E-state index in [-0.39, 0.29) is 11.7 Å². The molecule has 0 unspecified atom stereocenters. The summed E-state index contributed by atoms with van der Waals surface area (Å²) in [5.41, 5.74) is 5.70. The third kappa shape index (κ3) is 3.25. The van der Waals surface area contributed by atoms with Crippen molar-refractivity contribution < 1.29 is 9.18 Å². The van der Waals surface area contributed by atoms with E-state index in [1.54, 1.807) is 6.07 Å². The number of hydrogen-bond donors (Lipinski definition) is 0. The predicted octanol–water partition coefficient (Wildman–Crippen LogP) is 3.78. The summed E-state index contributed by atoms with van der Waals surface area (Å²) < 4.78 is 15.6. The summed E-state index contributed by atoms with van der Waals surface area (Å²) in [5.74, 6) is -0.480. The molecule has 1 amide bonds. The molecule has 3 aromatic rings. The molecule has 0 aliphatic carbocycles. The molecular formula is C22H22FN3O. The predicted molar refractivity (Wildman–Crippen MR) is 103 cm³/mol. The Hall–Kier alpha value is -2.95. The zero-order valence-electron chi connectivity index (χ0n) is 15.6. The Bertz CT molecular complexity index is 994. The van der Waals surface area contributed by atoms with Crippen molar-refractivity contribution >= 4 is 5.91 Å². The molecule has 5 heteroatoms. The second-order valence-corrected chi connectivity index (χ2v) is 7.01. The Labute approximate surface area is 158 Å². The van der Waals surface area contributed by atoms with Gasteiger partial charge in [-0.05, 0) is 31.0 Å². The largest absolute Gasteiger partial charge is 0.338 e. The number of nitrogens with zero attached hydrogens (tertiary/aromatic N) is 3. The summed E-state index contributed by atoms with van der Waals surface area (Å²) in [6.45, 7) is 3.06. The van der Waals surface area contributed by atoms with Crippen molar-refractivity contribution in [3.05, 3.63) is 76.7 Å². The Kier molecular flexibility index (Phi) is 4.52. The first-order valence-corrected chi connectivity index (χ1v) is 9.20. The highest BCUT2D eigenvalue weighted by Crippen LogP contribution is 2.28. The van der Waals surface area contributed by atoms with Gasteiger partial charge in [-0.1, -0.05) is 36.4 Å². The first-order chi connectivity index (χ1) is 13.0. The number of amides is 1. The quantitative estimate of drug-likeness (QED) is 0.695. The second-order valence-electron chi connectivity index (χ2n) is 7.01. The first kappa shape index (κ1) is 17.5. The van der Waals surface area contributed by atoms with Gasteiger partial charge in [-0.2, -0.15) is 5.10 Å². The molecule has 0 fully saturated rings. The Morgan fingerprint density at radius 3 is 2.59 bits per heavy atom. The van der Waals surface area contributed by atoms with Crippen LogP contribution in [0.1, 0.15) is 27.2 Å². The van der Waals surface area contributed by atoms with Crippen molar-refractivity contribution in [2.45, 2.75) is 19.8 Å². The lowest BCUT2D eigenvalue weighted by atomic mass is 10.0. The van der Waals surface area contributed by atoms with Crippen molar-refractivity contribution in [3.8, 4) is 11.3 Å². The maximum atomic E-state index is 13.6. The molecule has 0 bridgehead atoms. The highest BCUT2D eigenvalue weighted by molar-refractivity contribution is 5.95. The fraction of sp³-hybridized carbons (Fsp3) is 0.273. The first-order valence-electron chi connectivity index (χ1n) is 9.20. The number of aromatic nitrogens is 2. The molecule has 27 heavy (non-hydrogen) atoms. The van der Waals surface area contributed by atoms with E-state index in [1.807, 2.05) is 41.8 Å². The van der Waals surface area contributed by atoms with Crippen LogP contribution in [0.5, 0.6) is 0 Å². The Morgan fingerprint density at radius 1 is 1.07 bits per heavy atom. The van der Waals surface area contributed by atoms with Crippen molar-refractivity contribution in [1.29, 1.82) is 0 Å². The van der Waals surface area contributed by atoms with Crippen LogP contribution < -0.4 is 0 Å². The van der Waals surface area contributed by atoms with Gasteiger partial charge in [0.15, 0.2) is 0 Å². The monoisotopic (exact) mass is 363 g/mol. The van der Waals surface area contributed by atoms with Gasteiger partial charge >= 0.3 is 0 Å². The molecule has 2 heterocycles. The van der Waals surface area contributed by atoms with Crippen LogP contribution in [0, 0.1) is 12.7 Å². The lowest BCUT2D eigenvalue weighted by Gasteiger charge is -2.21. The minimum atomic E-state index is -0.377. The van der Waals surface area contributed by atoms with Gasteiger partial charge in [0.1, 0.15) is 5.82 Å². The maximum Gasteiger partial charge on any atom is 0.254 e. The van der Waals surface area contributed by atoms with E-state index in [0.717, 1.165) is 29.7 Å². The lowest BCUT2D eigenvalue weighted by Crippen LogP contribution is -2.34. The van der Waals surface area contributed by atoms with E-state index in [9.17, 15) is 9.18 Å². The average Bonchev–Trinajstić information content (AvgIpc) is 2.85. The summed E-state index contributed by atoms with van der Waals surface area (Å²) >= 11 is 0. The van der Waals surface area contributed by atoms with Gasteiger partial charge in [-0.15, -0.1) is 0 Å². The van der Waals surface area contributed by atoms with Gasteiger partial charge in [-0.25, -0.2) is 4.39 Å². The number of hydrogen-bond acceptors (Lipinski definition) is 2. The fourth-order valence-corrected chi connectivity index (χ4v) is 3.80. The van der Waals surface area contributed by atoms with Crippen LogP contribution in [0.4, 0.5) is 4.39 Å². The summed E-state index contributed by atoms with van der Waals surface area (Å²) in [5, 5.41) is 4.72. The SMILES string of the molecule is Cc1ccc(F)cc1C(=O)N1CCc2c(-c3ccccc3)nn(C)c2CC1. The van der Waals surface area contributed by atoms with Gasteiger partial charge in [0.2, 0.25) is 0 Å². The van der Waals surface area contributed by atoms with Gasteiger partial charge < -0.3 is 4.90 Å². The zero-order valence-corrected chi connectivity index (χ0v) is 15.6. The number of fused-ring (bicyclic) bond motifs is 1. The summed E-state index contributed by atoms with van der Waals surface area (Å²) in [7, 11) is 1.96. The molecule has 4 rings (SSSR count). The minimum Gasteiger partial charge on any atom is -0.338 e. The van der Waals surface area contributed by atoms with E-state index in [0.29, 0.717) is 18.7 Å². The fourth-order valence-electron chi connectivity index (χ4n) is 3.80. The topological polar surface area (TPSA) is 38.1 Å².